The van der Waals surface area contributed by atoms with Crippen molar-refractivity contribution in [2.45, 2.75) is 95.4 Å². The highest BCUT2D eigenvalue weighted by molar-refractivity contribution is 5.98. The Morgan fingerprint density at radius 2 is 1.70 bits per heavy atom. The number of likely N-dealkylation sites (tertiary alicyclic amines) is 1. The first kappa shape index (κ1) is 34.7. The molecular weight excluding hydrogens is 602 g/mol. The van der Waals surface area contributed by atoms with Gasteiger partial charge in [0.1, 0.15) is 11.2 Å². The largest absolute Gasteiger partial charge is 0.449 e. The van der Waals surface area contributed by atoms with Crippen LogP contribution in [0, 0.1) is 0 Å². The van der Waals surface area contributed by atoms with Crippen LogP contribution in [0.5, 0.6) is 0 Å². The number of carbonyl (C=O) groups is 3. The van der Waals surface area contributed by atoms with E-state index in [1.807, 2.05) is 55.7 Å². The maximum Gasteiger partial charge on any atom is 0.410 e. The molecule has 47 heavy (non-hydrogen) atoms. The molecule has 258 valence electrons. The number of hydrogen-bond donors (Lipinski definition) is 1. The van der Waals surface area contributed by atoms with Gasteiger partial charge in [-0.15, -0.1) is 0 Å². The molecule has 0 spiro atoms. The van der Waals surface area contributed by atoms with Crippen LogP contribution in [0.3, 0.4) is 0 Å². The van der Waals surface area contributed by atoms with Crippen molar-refractivity contribution in [1.29, 1.82) is 0 Å². The molecule has 3 heterocycles. The van der Waals surface area contributed by atoms with E-state index in [4.69, 9.17) is 19.2 Å². The van der Waals surface area contributed by atoms with E-state index < -0.39 is 23.3 Å². The van der Waals surface area contributed by atoms with Crippen LogP contribution in [0.2, 0.25) is 0 Å². The Balaban J connectivity index is 1.43. The highest BCUT2D eigenvalue weighted by Crippen LogP contribution is 2.41. The van der Waals surface area contributed by atoms with E-state index in [2.05, 4.69) is 0 Å². The summed E-state index contributed by atoms with van der Waals surface area (Å²) in [5, 5.41) is 11.7. The van der Waals surface area contributed by atoms with Crippen molar-refractivity contribution < 1.29 is 33.7 Å². The molecule has 12 nitrogen and oxygen atoms in total. The number of nitrogens with zero attached hydrogens (tertiary/aromatic N) is 5. The number of hydrogen-bond acceptors (Lipinski definition) is 8. The van der Waals surface area contributed by atoms with Crippen molar-refractivity contribution in [3.8, 4) is 11.3 Å². The van der Waals surface area contributed by atoms with Gasteiger partial charge in [-0.1, -0.05) is 43.2 Å². The van der Waals surface area contributed by atoms with Crippen LogP contribution in [0.25, 0.3) is 11.3 Å². The predicted molar refractivity (Wildman–Crippen MR) is 176 cm³/mol. The Bertz CT molecular complexity index is 1370. The molecule has 3 atom stereocenters. The Morgan fingerprint density at radius 3 is 2.40 bits per heavy atom. The van der Waals surface area contributed by atoms with Crippen LogP contribution in [-0.2, 0) is 14.2 Å². The monoisotopic (exact) mass is 653 g/mol. The quantitative estimate of drug-likeness (QED) is 0.416. The summed E-state index contributed by atoms with van der Waals surface area (Å²) in [5.74, 6) is -0.273. The van der Waals surface area contributed by atoms with E-state index in [1.165, 1.54) is 0 Å². The standard InChI is InChI=1S/C35H51N5O7/c1-34(2,3)47-33(43)38-20-21-39(27(23-38)16-22-46-32(42)37-18-11-6-12-19-37)31(41)29-30(26-13-7-5-8-14-26)40(25-36-29)28-15-9-10-17-35(28,44)24-45-4/h5,7-8,13-14,25,27-28,44H,6,9-12,15-24H2,1-4H3/t27-,28-,35-/m1/s1. The second-order valence-corrected chi connectivity index (χ2v) is 14.0. The molecule has 3 amide bonds. The smallest absolute Gasteiger partial charge is 0.410 e. The zero-order chi connectivity index (χ0) is 33.6. The zero-order valence-electron chi connectivity index (χ0n) is 28.4. The van der Waals surface area contributed by atoms with Crippen LogP contribution < -0.4 is 0 Å². The van der Waals surface area contributed by atoms with Gasteiger partial charge >= 0.3 is 12.2 Å². The summed E-state index contributed by atoms with van der Waals surface area (Å²) >= 11 is 0. The minimum Gasteiger partial charge on any atom is -0.449 e. The summed E-state index contributed by atoms with van der Waals surface area (Å²) < 4.78 is 18.7. The van der Waals surface area contributed by atoms with Crippen LogP contribution in [0.1, 0.15) is 88.7 Å². The number of aliphatic hydroxyl groups is 1. The first-order valence-electron chi connectivity index (χ1n) is 17.0. The van der Waals surface area contributed by atoms with Crippen molar-refractivity contribution in [3.63, 3.8) is 0 Å². The van der Waals surface area contributed by atoms with E-state index in [-0.39, 0.29) is 50.0 Å². The third kappa shape index (κ3) is 8.27. The number of ether oxygens (including phenoxy) is 3. The summed E-state index contributed by atoms with van der Waals surface area (Å²) in [7, 11) is 1.59. The van der Waals surface area contributed by atoms with Gasteiger partial charge in [0.05, 0.1) is 37.3 Å². The molecule has 1 aromatic heterocycles. The Hall–Kier alpha value is -3.64. The number of imidazole rings is 1. The second-order valence-electron chi connectivity index (χ2n) is 14.0. The molecule has 0 unspecified atom stereocenters. The van der Waals surface area contributed by atoms with Crippen LogP contribution in [0.15, 0.2) is 36.7 Å². The van der Waals surface area contributed by atoms with Crippen molar-refractivity contribution >= 4 is 18.1 Å². The summed E-state index contributed by atoms with van der Waals surface area (Å²) in [5.41, 5.74) is -0.0233. The highest BCUT2D eigenvalue weighted by atomic mass is 16.6. The SMILES string of the molecule is COC[C@]1(O)CCCC[C@H]1n1cnc(C(=O)N2CCN(C(=O)OC(C)(C)C)C[C@H]2CCOC(=O)N2CCCCC2)c1-c1ccccc1. The van der Waals surface area contributed by atoms with Gasteiger partial charge in [0, 0.05) is 51.8 Å². The maximum absolute atomic E-state index is 14.5. The maximum atomic E-state index is 14.5. The van der Waals surface area contributed by atoms with Crippen molar-refractivity contribution in [2.24, 2.45) is 0 Å². The fraction of sp³-hybridized carbons (Fsp3) is 0.657. The van der Waals surface area contributed by atoms with Gasteiger partial charge in [-0.25, -0.2) is 14.6 Å². The molecule has 0 radical (unpaired) electrons. The molecule has 3 fully saturated rings. The number of amides is 3. The summed E-state index contributed by atoms with van der Waals surface area (Å²) in [4.78, 5) is 50.2. The normalized spacial score (nSPS) is 23.8. The molecule has 2 saturated heterocycles. The lowest BCUT2D eigenvalue weighted by Gasteiger charge is -2.42. The molecule has 5 rings (SSSR count). The number of rotatable bonds is 8. The second kappa shape index (κ2) is 15.1. The number of benzene rings is 1. The lowest BCUT2D eigenvalue weighted by molar-refractivity contribution is -0.0893. The van der Waals surface area contributed by atoms with E-state index in [0.29, 0.717) is 38.2 Å². The topological polar surface area (TPSA) is 127 Å². The van der Waals surface area contributed by atoms with Gasteiger partial charge in [-0.2, -0.15) is 0 Å². The van der Waals surface area contributed by atoms with Crippen molar-refractivity contribution in [2.75, 3.05) is 53.0 Å². The van der Waals surface area contributed by atoms with Crippen LogP contribution in [0.4, 0.5) is 9.59 Å². The minimum atomic E-state index is -1.10. The van der Waals surface area contributed by atoms with Gasteiger partial charge in [-0.3, -0.25) is 4.79 Å². The lowest BCUT2D eigenvalue weighted by atomic mass is 9.80. The van der Waals surface area contributed by atoms with Gasteiger partial charge in [0.2, 0.25) is 0 Å². The molecule has 2 aromatic rings. The van der Waals surface area contributed by atoms with Gasteiger partial charge in [0.25, 0.3) is 5.91 Å². The van der Waals surface area contributed by atoms with E-state index >= 15 is 0 Å². The van der Waals surface area contributed by atoms with Crippen LogP contribution >= 0.6 is 0 Å². The first-order valence-corrected chi connectivity index (χ1v) is 17.0. The van der Waals surface area contributed by atoms with Gasteiger partial charge in [-0.05, 0) is 52.9 Å². The Kier molecular flexibility index (Phi) is 11.1. The molecule has 1 saturated carbocycles. The molecule has 12 heteroatoms. The van der Waals surface area contributed by atoms with Crippen molar-refractivity contribution in [1.82, 2.24) is 24.3 Å². The number of carbonyl (C=O) groups excluding carboxylic acids is 3. The molecule has 0 bridgehead atoms. The van der Waals surface area contributed by atoms with Crippen molar-refractivity contribution in [3.05, 3.63) is 42.4 Å². The Morgan fingerprint density at radius 1 is 0.957 bits per heavy atom. The molecule has 1 aromatic carbocycles. The molecule has 1 aliphatic carbocycles. The molecule has 1 N–H and O–H groups in total. The molecule has 3 aliphatic rings. The highest BCUT2D eigenvalue weighted by Gasteiger charge is 2.43. The summed E-state index contributed by atoms with van der Waals surface area (Å²) in [6, 6.07) is 8.89. The third-order valence-electron chi connectivity index (χ3n) is 9.42. The van der Waals surface area contributed by atoms with E-state index in [1.54, 1.807) is 28.1 Å². The molecular formula is C35H51N5O7. The fourth-order valence-electron chi connectivity index (χ4n) is 7.10. The lowest BCUT2D eigenvalue weighted by Crippen LogP contribution is -2.57. The average molecular weight is 654 g/mol. The van der Waals surface area contributed by atoms with Gasteiger partial charge in [0.15, 0.2) is 5.69 Å². The number of piperazine rings is 1. The minimum absolute atomic E-state index is 0.109. The summed E-state index contributed by atoms with van der Waals surface area (Å²) in [6.45, 7) is 7.92. The average Bonchev–Trinajstić information content (AvgIpc) is 3.49. The number of aromatic nitrogens is 2. The van der Waals surface area contributed by atoms with Crippen LogP contribution in [-0.4, -0.2) is 118 Å². The molecule has 2 aliphatic heterocycles. The van der Waals surface area contributed by atoms with E-state index in [9.17, 15) is 19.5 Å². The van der Waals surface area contributed by atoms with E-state index in [0.717, 1.165) is 44.1 Å². The van der Waals surface area contributed by atoms with Gasteiger partial charge < -0.3 is 38.6 Å². The third-order valence-corrected chi connectivity index (χ3v) is 9.42. The summed E-state index contributed by atoms with van der Waals surface area (Å²) in [6.07, 6.45) is 7.41. The zero-order valence-corrected chi connectivity index (χ0v) is 28.4. The Labute approximate surface area is 277 Å². The first-order chi connectivity index (χ1) is 22.5. The fourth-order valence-corrected chi connectivity index (χ4v) is 7.10. The number of piperidine rings is 1. The predicted octanol–water partition coefficient (Wildman–Crippen LogP) is 5.12. The number of methoxy groups -OCH3 is 1.